The van der Waals surface area contributed by atoms with Gasteiger partial charge in [0.25, 0.3) is 5.56 Å². The number of Topliss-reactive ketones (excluding diaryl/α,β-unsaturated/α-hetero) is 3. The number of aromatic nitrogens is 1. The average Bonchev–Trinajstić information content (AvgIpc) is 3.54. The smallest absolute Gasteiger partial charge is 0.260 e. The molecule has 0 radical (unpaired) electrons. The molecule has 1 spiro atoms. The molecule has 7 rings (SSSR count). The molecule has 0 saturated heterocycles. The minimum atomic E-state index is -2.15. The van der Waals surface area contributed by atoms with Crippen LogP contribution in [0, 0.1) is 0 Å². The van der Waals surface area contributed by atoms with Crippen LogP contribution in [0.5, 0.6) is 17.2 Å². The van der Waals surface area contributed by atoms with Crippen molar-refractivity contribution in [3.05, 3.63) is 116 Å². The van der Waals surface area contributed by atoms with Crippen LogP contribution >= 0.6 is 0 Å². The van der Waals surface area contributed by atoms with Gasteiger partial charge < -0.3 is 25.0 Å². The Hall–Kier alpha value is -6.03. The van der Waals surface area contributed by atoms with Crippen LogP contribution in [0.1, 0.15) is 71.6 Å². The van der Waals surface area contributed by atoms with E-state index in [0.717, 1.165) is 13.2 Å². The number of carbonyl (C=O) groups is 4. The van der Waals surface area contributed by atoms with Gasteiger partial charge in [0.2, 0.25) is 5.78 Å². The summed E-state index contributed by atoms with van der Waals surface area (Å²) in [6, 6.07) is 10.7. The first kappa shape index (κ1) is 28.7. The zero-order valence-electron chi connectivity index (χ0n) is 24.6. The number of methoxy groups -OCH3 is 1. The second-order valence-electron chi connectivity index (χ2n) is 11.3. The lowest BCUT2D eigenvalue weighted by Gasteiger charge is -2.24. The van der Waals surface area contributed by atoms with E-state index in [0.29, 0.717) is 27.8 Å². The van der Waals surface area contributed by atoms with Gasteiger partial charge in [-0.3, -0.25) is 24.0 Å². The fraction of sp³-hybridized carbons (Fsp3) is 0.139. The minimum Gasteiger partial charge on any atom is -0.507 e. The highest BCUT2D eigenvalue weighted by Crippen LogP contribution is 2.59. The molecule has 3 aliphatic carbocycles. The Morgan fingerprint density at radius 2 is 1.52 bits per heavy atom. The summed E-state index contributed by atoms with van der Waals surface area (Å²) >= 11 is 0. The molecular weight excluding hydrogens is 590 g/mol. The summed E-state index contributed by atoms with van der Waals surface area (Å²) in [5.74, 6) is -6.64. The number of rotatable bonds is 4. The minimum absolute atomic E-state index is 0.111. The normalized spacial score (nSPS) is 18.6. The lowest BCUT2D eigenvalue weighted by atomic mass is 9.75. The van der Waals surface area contributed by atoms with Crippen molar-refractivity contribution in [2.75, 3.05) is 7.11 Å². The molecule has 3 aromatic carbocycles. The van der Waals surface area contributed by atoms with E-state index in [1.807, 2.05) is 31.2 Å². The molecule has 0 saturated carbocycles. The molecule has 0 bridgehead atoms. The highest BCUT2D eigenvalue weighted by molar-refractivity contribution is 6.39. The summed E-state index contributed by atoms with van der Waals surface area (Å²) in [5, 5.41) is 34.7. The molecule has 0 fully saturated rings. The Morgan fingerprint density at radius 1 is 0.848 bits per heavy atom. The third kappa shape index (κ3) is 3.55. The fourth-order valence-electron chi connectivity index (χ4n) is 7.15. The largest absolute Gasteiger partial charge is 0.507 e. The van der Waals surface area contributed by atoms with Crippen LogP contribution in [-0.2, 0) is 16.6 Å². The molecule has 10 heteroatoms. The highest BCUT2D eigenvalue weighted by atomic mass is 16.5. The number of H-pyrrole nitrogens is 1. The number of hydrogen-bond donors (Lipinski definition) is 4. The van der Waals surface area contributed by atoms with Gasteiger partial charge in [0.05, 0.1) is 34.7 Å². The molecule has 228 valence electrons. The van der Waals surface area contributed by atoms with E-state index in [2.05, 4.69) is 4.98 Å². The number of benzene rings is 3. The molecule has 46 heavy (non-hydrogen) atoms. The van der Waals surface area contributed by atoms with Crippen molar-refractivity contribution in [2.24, 2.45) is 0 Å². The monoisotopic (exact) mass is 615 g/mol. The number of carbonyl (C=O) groups excluding carboxylic acids is 4. The van der Waals surface area contributed by atoms with Crippen molar-refractivity contribution in [1.29, 1.82) is 0 Å². The Labute approximate surface area is 260 Å². The van der Waals surface area contributed by atoms with Crippen molar-refractivity contribution >= 4 is 40.0 Å². The van der Waals surface area contributed by atoms with Crippen LogP contribution in [0.25, 0.3) is 28.0 Å². The van der Waals surface area contributed by atoms with Crippen LogP contribution in [0.3, 0.4) is 0 Å². The first-order valence-electron chi connectivity index (χ1n) is 14.4. The standard InChI is InChI=1S/C36H25NO9/c1-3-4-6-11-17-14-19-22(16-9-7-5-8-10-16)18-12-13-36(28(18)32(42)23(19)35(45)37-17)33(43)26-27(34(36)44)31(41)25-24(30(26)40)20(38)15-21(46-2)29(25)39/h3-11,14-15,40-42H,12-13H2,1-2H3,(H,37,45)/b4-3+,11-6+/t36-/m0/s1. The van der Waals surface area contributed by atoms with Crippen molar-refractivity contribution in [1.82, 2.24) is 4.98 Å². The first-order chi connectivity index (χ1) is 22.1. The number of fused-ring (bicyclic) bond motifs is 5. The number of aromatic amines is 1. The molecule has 4 N–H and O–H groups in total. The number of ether oxygens (including phenoxy) is 1. The van der Waals surface area contributed by atoms with Crippen LogP contribution < -0.4 is 5.56 Å². The van der Waals surface area contributed by atoms with Gasteiger partial charge in [-0.05, 0) is 48.6 Å². The van der Waals surface area contributed by atoms with Gasteiger partial charge in [-0.1, -0.05) is 48.6 Å². The predicted octanol–water partition coefficient (Wildman–Crippen LogP) is 5.07. The van der Waals surface area contributed by atoms with Crippen LogP contribution in [-0.4, -0.2) is 50.5 Å². The van der Waals surface area contributed by atoms with Gasteiger partial charge in [-0.25, -0.2) is 0 Å². The SMILES string of the molecule is C/C=C/C=C/c1cc2c(-c3ccccc3)c3c(c(O)c2c(=O)[nH]1)[C@@]1(CC3)C(=O)c2c(O)c3c(c(O)c2C1=O)C(=O)C(OC)=CC3=O. The number of ketones is 4. The molecule has 0 aliphatic heterocycles. The number of allylic oxidation sites excluding steroid dienone is 5. The summed E-state index contributed by atoms with van der Waals surface area (Å²) in [4.78, 5) is 71.3. The molecule has 1 aromatic heterocycles. The molecule has 3 aliphatic rings. The van der Waals surface area contributed by atoms with Gasteiger partial charge in [-0.15, -0.1) is 0 Å². The third-order valence-electron chi connectivity index (χ3n) is 9.08. The quantitative estimate of drug-likeness (QED) is 0.139. The summed E-state index contributed by atoms with van der Waals surface area (Å²) < 4.78 is 4.96. The number of nitrogens with one attached hydrogen (secondary N) is 1. The van der Waals surface area contributed by atoms with E-state index in [9.17, 15) is 39.3 Å². The van der Waals surface area contributed by atoms with Gasteiger partial charge >= 0.3 is 0 Å². The van der Waals surface area contributed by atoms with E-state index < -0.39 is 79.4 Å². The zero-order valence-corrected chi connectivity index (χ0v) is 24.6. The van der Waals surface area contributed by atoms with Crippen molar-refractivity contribution in [3.8, 4) is 28.4 Å². The Bertz CT molecular complexity index is 2270. The second-order valence-corrected chi connectivity index (χ2v) is 11.3. The molecule has 1 atom stereocenters. The van der Waals surface area contributed by atoms with E-state index in [-0.39, 0.29) is 23.8 Å². The van der Waals surface area contributed by atoms with E-state index in [1.54, 1.807) is 36.4 Å². The molecule has 10 nitrogen and oxygen atoms in total. The molecule has 0 unspecified atom stereocenters. The maximum atomic E-state index is 14.5. The summed E-state index contributed by atoms with van der Waals surface area (Å²) in [6.45, 7) is 1.85. The zero-order chi connectivity index (χ0) is 32.7. The number of hydrogen-bond acceptors (Lipinski definition) is 9. The number of aromatic hydroxyl groups is 3. The second kappa shape index (κ2) is 10.00. The van der Waals surface area contributed by atoms with E-state index in [4.69, 9.17) is 4.74 Å². The Morgan fingerprint density at radius 3 is 2.17 bits per heavy atom. The number of pyridine rings is 1. The fourth-order valence-corrected chi connectivity index (χ4v) is 7.15. The van der Waals surface area contributed by atoms with Crippen LogP contribution in [0.15, 0.2) is 71.3 Å². The van der Waals surface area contributed by atoms with Gasteiger partial charge in [0.1, 0.15) is 22.7 Å². The topological polar surface area (TPSA) is 171 Å². The lowest BCUT2D eigenvalue weighted by molar-refractivity contribution is 0.0790. The lowest BCUT2D eigenvalue weighted by Crippen LogP contribution is -2.36. The summed E-state index contributed by atoms with van der Waals surface area (Å²) in [7, 11) is 1.14. The molecule has 0 amide bonds. The molecular formula is C36H25NO9. The first-order valence-corrected chi connectivity index (χ1v) is 14.4. The summed E-state index contributed by atoms with van der Waals surface area (Å²) in [6.07, 6.45) is 7.82. The Balaban J connectivity index is 1.55. The molecule has 1 heterocycles. The number of phenolic OH excluding ortho intramolecular Hbond substituents is 3. The average molecular weight is 616 g/mol. The van der Waals surface area contributed by atoms with Gasteiger partial charge in [-0.2, -0.15) is 0 Å². The van der Waals surface area contributed by atoms with E-state index >= 15 is 0 Å². The number of phenols is 3. The van der Waals surface area contributed by atoms with Crippen molar-refractivity contribution < 1.29 is 39.2 Å². The van der Waals surface area contributed by atoms with Gasteiger partial charge in [0, 0.05) is 22.7 Å². The maximum Gasteiger partial charge on any atom is 0.260 e. The maximum absolute atomic E-state index is 14.5. The summed E-state index contributed by atoms with van der Waals surface area (Å²) in [5.41, 5.74) is -3.36. The Kier molecular flexibility index (Phi) is 6.24. The van der Waals surface area contributed by atoms with Crippen LogP contribution in [0.2, 0.25) is 0 Å². The predicted molar refractivity (Wildman–Crippen MR) is 168 cm³/mol. The van der Waals surface area contributed by atoms with Gasteiger partial charge in [0.15, 0.2) is 23.1 Å². The van der Waals surface area contributed by atoms with Crippen molar-refractivity contribution in [2.45, 2.75) is 25.2 Å². The van der Waals surface area contributed by atoms with Crippen LogP contribution in [0.4, 0.5) is 0 Å². The van der Waals surface area contributed by atoms with E-state index in [1.165, 1.54) is 0 Å². The molecule has 4 aromatic rings. The highest BCUT2D eigenvalue weighted by Gasteiger charge is 2.62. The third-order valence-corrected chi connectivity index (χ3v) is 9.08. The van der Waals surface area contributed by atoms with Crippen molar-refractivity contribution in [3.63, 3.8) is 0 Å².